The van der Waals surface area contributed by atoms with Gasteiger partial charge in [-0.1, -0.05) is 30.3 Å². The van der Waals surface area contributed by atoms with Crippen molar-refractivity contribution in [2.24, 2.45) is 0 Å². The molecule has 0 aliphatic carbocycles. The van der Waals surface area contributed by atoms with Crippen LogP contribution in [0.4, 0.5) is 5.82 Å². The Kier molecular flexibility index (Phi) is 4.63. The zero-order valence-corrected chi connectivity index (χ0v) is 11.9. The number of nitrogens with zero attached hydrogens (tertiary/aromatic N) is 1. The molecule has 1 aromatic heterocycles. The summed E-state index contributed by atoms with van der Waals surface area (Å²) < 4.78 is 0. The molecule has 1 aromatic carbocycles. The zero-order valence-electron chi connectivity index (χ0n) is 11.1. The third kappa shape index (κ3) is 3.86. The zero-order chi connectivity index (χ0) is 13.7. The van der Waals surface area contributed by atoms with Crippen molar-refractivity contribution in [2.45, 2.75) is 19.6 Å². The summed E-state index contributed by atoms with van der Waals surface area (Å²) in [6.45, 7) is 3.87. The third-order valence-electron chi connectivity index (χ3n) is 2.86. The van der Waals surface area contributed by atoms with Gasteiger partial charge in [0, 0.05) is 17.0 Å². The van der Waals surface area contributed by atoms with Crippen LogP contribution in [0, 0.1) is 13.8 Å². The topological polar surface area (TPSA) is 57.8 Å². The third-order valence-corrected chi connectivity index (χ3v) is 3.86. The Morgan fingerprint density at radius 2 is 2.05 bits per heavy atom. The van der Waals surface area contributed by atoms with Gasteiger partial charge in [-0.3, -0.25) is 9.89 Å². The summed E-state index contributed by atoms with van der Waals surface area (Å²) in [4.78, 5) is 11.8. The van der Waals surface area contributed by atoms with Crippen LogP contribution < -0.4 is 5.32 Å². The lowest BCUT2D eigenvalue weighted by Gasteiger charge is -2.03. The van der Waals surface area contributed by atoms with E-state index < -0.39 is 0 Å². The molecule has 2 aromatic rings. The lowest BCUT2D eigenvalue weighted by atomic mass is 10.2. The second-order valence-electron chi connectivity index (χ2n) is 4.35. The first-order chi connectivity index (χ1) is 9.16. The molecule has 100 valence electrons. The minimum Gasteiger partial charge on any atom is -0.308 e. The molecule has 0 aliphatic rings. The Balaban J connectivity index is 1.78. The number of hydrogen-bond donors (Lipinski definition) is 2. The van der Waals surface area contributed by atoms with Crippen LogP contribution >= 0.6 is 11.8 Å². The van der Waals surface area contributed by atoms with Gasteiger partial charge < -0.3 is 5.32 Å². The Morgan fingerprint density at radius 1 is 1.32 bits per heavy atom. The summed E-state index contributed by atoms with van der Waals surface area (Å²) in [7, 11) is 0. The maximum absolute atomic E-state index is 11.8. The van der Waals surface area contributed by atoms with Crippen LogP contribution in [-0.4, -0.2) is 21.9 Å². The first kappa shape index (κ1) is 13.7. The van der Waals surface area contributed by atoms with Gasteiger partial charge in [0.05, 0.1) is 5.75 Å². The first-order valence-corrected chi connectivity index (χ1v) is 7.25. The average Bonchev–Trinajstić information content (AvgIpc) is 2.72. The van der Waals surface area contributed by atoms with Crippen molar-refractivity contribution < 1.29 is 4.79 Å². The number of nitrogens with one attached hydrogen (secondary N) is 2. The molecule has 0 spiro atoms. The molecule has 1 amide bonds. The molecule has 0 saturated carbocycles. The van der Waals surface area contributed by atoms with Crippen LogP contribution in [0.1, 0.15) is 16.8 Å². The van der Waals surface area contributed by atoms with E-state index in [1.165, 1.54) is 5.56 Å². The van der Waals surface area contributed by atoms with Gasteiger partial charge in [-0.15, -0.1) is 11.8 Å². The highest BCUT2D eigenvalue weighted by atomic mass is 32.2. The molecule has 2 rings (SSSR count). The van der Waals surface area contributed by atoms with Gasteiger partial charge in [0.2, 0.25) is 5.91 Å². The van der Waals surface area contributed by atoms with Crippen LogP contribution in [0.5, 0.6) is 0 Å². The van der Waals surface area contributed by atoms with E-state index in [1.807, 2.05) is 32.0 Å². The second kappa shape index (κ2) is 6.43. The largest absolute Gasteiger partial charge is 0.308 e. The van der Waals surface area contributed by atoms with E-state index in [0.29, 0.717) is 11.6 Å². The number of thioether (sulfide) groups is 1. The number of aromatic amines is 1. The normalized spacial score (nSPS) is 10.4. The lowest BCUT2D eigenvalue weighted by molar-refractivity contribution is -0.113. The molecule has 1 heterocycles. The molecule has 19 heavy (non-hydrogen) atoms. The average molecular weight is 275 g/mol. The maximum atomic E-state index is 11.8. The number of carbonyl (C=O) groups excluding carboxylic acids is 1. The fourth-order valence-corrected chi connectivity index (χ4v) is 2.40. The summed E-state index contributed by atoms with van der Waals surface area (Å²) >= 11 is 1.60. The Hall–Kier alpha value is -1.75. The minimum absolute atomic E-state index is 0.0180. The molecule has 0 saturated heterocycles. The number of hydrogen-bond acceptors (Lipinski definition) is 3. The summed E-state index contributed by atoms with van der Waals surface area (Å²) in [6, 6.07) is 10.1. The van der Waals surface area contributed by atoms with E-state index in [9.17, 15) is 4.79 Å². The number of rotatable bonds is 5. The number of amides is 1. The molecular formula is C14H17N3OS. The minimum atomic E-state index is -0.0180. The van der Waals surface area contributed by atoms with Crippen molar-refractivity contribution >= 4 is 23.5 Å². The van der Waals surface area contributed by atoms with Crippen LogP contribution in [-0.2, 0) is 10.5 Å². The summed E-state index contributed by atoms with van der Waals surface area (Å²) in [5.41, 5.74) is 3.20. The molecular weight excluding hydrogens is 258 g/mol. The van der Waals surface area contributed by atoms with Gasteiger partial charge >= 0.3 is 0 Å². The van der Waals surface area contributed by atoms with Crippen LogP contribution in [0.2, 0.25) is 0 Å². The number of aromatic nitrogens is 2. The smallest absolute Gasteiger partial charge is 0.235 e. The van der Waals surface area contributed by atoms with Crippen molar-refractivity contribution in [3.8, 4) is 0 Å². The van der Waals surface area contributed by atoms with Crippen molar-refractivity contribution in [2.75, 3.05) is 11.1 Å². The predicted octanol–water partition coefficient (Wildman–Crippen LogP) is 2.90. The lowest BCUT2D eigenvalue weighted by Crippen LogP contribution is -2.15. The highest BCUT2D eigenvalue weighted by Crippen LogP contribution is 2.15. The summed E-state index contributed by atoms with van der Waals surface area (Å²) in [5, 5.41) is 9.72. The molecule has 0 unspecified atom stereocenters. The van der Waals surface area contributed by atoms with E-state index in [-0.39, 0.29) is 5.91 Å². The standard InChI is InChI=1S/C14H17N3OS/c1-10-11(2)16-17-14(10)15-13(18)9-19-8-12-6-4-3-5-7-12/h3-7H,8-9H2,1-2H3,(H2,15,16,17,18). The van der Waals surface area contributed by atoms with E-state index in [1.54, 1.807) is 11.8 Å². The van der Waals surface area contributed by atoms with Crippen LogP contribution in [0.25, 0.3) is 0 Å². The Bertz CT molecular complexity index is 551. The number of carbonyl (C=O) groups is 1. The fourth-order valence-electron chi connectivity index (χ4n) is 1.61. The van der Waals surface area contributed by atoms with Crippen molar-refractivity contribution in [3.05, 3.63) is 47.2 Å². The molecule has 2 N–H and O–H groups in total. The molecule has 0 fully saturated rings. The van der Waals surface area contributed by atoms with Gasteiger partial charge in [-0.25, -0.2) is 0 Å². The molecule has 0 bridgehead atoms. The first-order valence-electron chi connectivity index (χ1n) is 6.10. The fraction of sp³-hybridized carbons (Fsp3) is 0.286. The van der Waals surface area contributed by atoms with Crippen LogP contribution in [0.3, 0.4) is 0 Å². The second-order valence-corrected chi connectivity index (χ2v) is 5.33. The van der Waals surface area contributed by atoms with E-state index >= 15 is 0 Å². The van der Waals surface area contributed by atoms with E-state index in [4.69, 9.17) is 0 Å². The highest BCUT2D eigenvalue weighted by Gasteiger charge is 2.09. The van der Waals surface area contributed by atoms with Gasteiger partial charge in [-0.2, -0.15) is 5.10 Å². The van der Waals surface area contributed by atoms with Crippen molar-refractivity contribution in [1.82, 2.24) is 10.2 Å². The molecule has 0 atom stereocenters. The van der Waals surface area contributed by atoms with Crippen LogP contribution in [0.15, 0.2) is 30.3 Å². The number of aryl methyl sites for hydroxylation is 1. The maximum Gasteiger partial charge on any atom is 0.235 e. The SMILES string of the molecule is Cc1[nH]nc(NC(=O)CSCc2ccccc2)c1C. The molecule has 4 nitrogen and oxygen atoms in total. The van der Waals surface area contributed by atoms with Gasteiger partial charge in [-0.05, 0) is 19.4 Å². The van der Waals surface area contributed by atoms with Gasteiger partial charge in [0.1, 0.15) is 0 Å². The van der Waals surface area contributed by atoms with E-state index in [2.05, 4.69) is 27.6 Å². The van der Waals surface area contributed by atoms with Gasteiger partial charge in [0.15, 0.2) is 5.82 Å². The van der Waals surface area contributed by atoms with Gasteiger partial charge in [0.25, 0.3) is 0 Å². The Labute approximate surface area is 117 Å². The monoisotopic (exact) mass is 275 g/mol. The summed E-state index contributed by atoms with van der Waals surface area (Å²) in [6.07, 6.45) is 0. The summed E-state index contributed by atoms with van der Waals surface area (Å²) in [5.74, 6) is 1.88. The van der Waals surface area contributed by atoms with E-state index in [0.717, 1.165) is 17.0 Å². The quantitative estimate of drug-likeness (QED) is 0.882. The van der Waals surface area contributed by atoms with Crippen molar-refractivity contribution in [3.63, 3.8) is 0 Å². The highest BCUT2D eigenvalue weighted by molar-refractivity contribution is 7.99. The molecule has 5 heteroatoms. The predicted molar refractivity (Wildman–Crippen MR) is 79.3 cm³/mol. The number of anilines is 1. The molecule has 0 aliphatic heterocycles. The molecule has 0 radical (unpaired) electrons. The Morgan fingerprint density at radius 3 is 2.68 bits per heavy atom. The number of H-pyrrole nitrogens is 1. The van der Waals surface area contributed by atoms with Crippen molar-refractivity contribution in [1.29, 1.82) is 0 Å². The number of benzene rings is 1.